The first-order valence-electron chi connectivity index (χ1n) is 5.74. The van der Waals surface area contributed by atoms with Crippen LogP contribution in [0, 0.1) is 17.5 Å². The van der Waals surface area contributed by atoms with Crippen molar-refractivity contribution in [1.82, 2.24) is 0 Å². The number of amides is 2. The van der Waals surface area contributed by atoms with Crippen LogP contribution in [-0.2, 0) is 0 Å². The molecule has 2 aromatic carbocycles. The van der Waals surface area contributed by atoms with E-state index in [9.17, 15) is 22.8 Å². The summed E-state index contributed by atoms with van der Waals surface area (Å²) in [6.07, 6.45) is 0. The molecule has 7 heteroatoms. The quantitative estimate of drug-likeness (QED) is 0.444. The standard InChI is InChI=1S/C14H5BrF3NO2/c15-10-11(17)8(16)5-9(12(10)18)19-13(20)6-3-1-2-4-7(6)14(19)21/h1-5H. The van der Waals surface area contributed by atoms with E-state index >= 15 is 0 Å². The first kappa shape index (κ1) is 13.8. The number of rotatable bonds is 1. The lowest BCUT2D eigenvalue weighted by atomic mass is 10.1. The van der Waals surface area contributed by atoms with Crippen LogP contribution in [0.2, 0.25) is 0 Å². The highest BCUT2D eigenvalue weighted by molar-refractivity contribution is 9.10. The highest BCUT2D eigenvalue weighted by atomic mass is 79.9. The number of anilines is 1. The van der Waals surface area contributed by atoms with E-state index in [0.717, 1.165) is 0 Å². The molecule has 21 heavy (non-hydrogen) atoms. The second-order valence-corrected chi connectivity index (χ2v) is 5.10. The third-order valence-electron chi connectivity index (χ3n) is 3.12. The molecule has 0 aliphatic carbocycles. The summed E-state index contributed by atoms with van der Waals surface area (Å²) in [7, 11) is 0. The Hall–Kier alpha value is -2.15. The first-order valence-corrected chi connectivity index (χ1v) is 6.53. The van der Waals surface area contributed by atoms with E-state index in [0.29, 0.717) is 11.0 Å². The first-order chi connectivity index (χ1) is 9.93. The van der Waals surface area contributed by atoms with Crippen LogP contribution in [0.25, 0.3) is 0 Å². The molecule has 0 bridgehead atoms. The largest absolute Gasteiger partial charge is 0.268 e. The van der Waals surface area contributed by atoms with Gasteiger partial charge in [0.15, 0.2) is 17.5 Å². The van der Waals surface area contributed by atoms with Crippen molar-refractivity contribution in [2.24, 2.45) is 0 Å². The van der Waals surface area contributed by atoms with E-state index in [1.54, 1.807) is 12.1 Å². The fraction of sp³-hybridized carbons (Fsp3) is 0. The molecule has 0 unspecified atom stereocenters. The highest BCUT2D eigenvalue weighted by Gasteiger charge is 2.38. The number of carbonyl (C=O) groups is 2. The van der Waals surface area contributed by atoms with Crippen molar-refractivity contribution in [3.63, 3.8) is 0 Å². The van der Waals surface area contributed by atoms with E-state index in [-0.39, 0.29) is 11.1 Å². The van der Waals surface area contributed by atoms with E-state index in [4.69, 9.17) is 0 Å². The summed E-state index contributed by atoms with van der Waals surface area (Å²) in [5.74, 6) is -5.58. The smallest absolute Gasteiger partial charge is 0.266 e. The Morgan fingerprint density at radius 1 is 0.905 bits per heavy atom. The predicted octanol–water partition coefficient (Wildman–Crippen LogP) is 3.67. The van der Waals surface area contributed by atoms with Gasteiger partial charge in [-0.25, -0.2) is 18.1 Å². The summed E-state index contributed by atoms with van der Waals surface area (Å²) in [5, 5.41) is 0. The lowest BCUT2D eigenvalue weighted by molar-refractivity contribution is 0.0924. The monoisotopic (exact) mass is 355 g/mol. The number of hydrogen-bond donors (Lipinski definition) is 0. The van der Waals surface area contributed by atoms with Gasteiger partial charge in [-0.3, -0.25) is 9.59 Å². The van der Waals surface area contributed by atoms with Crippen LogP contribution >= 0.6 is 15.9 Å². The molecule has 0 radical (unpaired) electrons. The van der Waals surface area contributed by atoms with Gasteiger partial charge in [0.1, 0.15) is 0 Å². The van der Waals surface area contributed by atoms with Gasteiger partial charge in [0.05, 0.1) is 21.3 Å². The van der Waals surface area contributed by atoms with Crippen LogP contribution in [0.4, 0.5) is 18.9 Å². The molecule has 3 rings (SSSR count). The fourth-order valence-corrected chi connectivity index (χ4v) is 2.52. The zero-order valence-electron chi connectivity index (χ0n) is 10.2. The van der Waals surface area contributed by atoms with Gasteiger partial charge < -0.3 is 0 Å². The summed E-state index contributed by atoms with van der Waals surface area (Å²) in [4.78, 5) is 24.8. The molecule has 0 spiro atoms. The molecule has 1 heterocycles. The molecule has 0 atom stereocenters. The van der Waals surface area contributed by atoms with Gasteiger partial charge in [0, 0.05) is 6.07 Å². The fourth-order valence-electron chi connectivity index (χ4n) is 2.13. The predicted molar refractivity (Wildman–Crippen MR) is 71.6 cm³/mol. The number of halogens is 4. The molecule has 1 aliphatic rings. The van der Waals surface area contributed by atoms with Crippen LogP contribution in [0.5, 0.6) is 0 Å². The minimum Gasteiger partial charge on any atom is -0.268 e. The van der Waals surface area contributed by atoms with Crippen molar-refractivity contribution in [2.75, 3.05) is 4.90 Å². The Kier molecular flexibility index (Phi) is 3.09. The van der Waals surface area contributed by atoms with Gasteiger partial charge in [-0.15, -0.1) is 0 Å². The van der Waals surface area contributed by atoms with Crippen LogP contribution in [0.3, 0.4) is 0 Å². The van der Waals surface area contributed by atoms with Crippen LogP contribution in [-0.4, -0.2) is 11.8 Å². The van der Waals surface area contributed by atoms with Crippen molar-refractivity contribution < 1.29 is 22.8 Å². The normalized spacial score (nSPS) is 13.8. The number of fused-ring (bicyclic) bond motifs is 1. The summed E-state index contributed by atoms with van der Waals surface area (Å²) in [6.45, 7) is 0. The average Bonchev–Trinajstić information content (AvgIpc) is 2.73. The van der Waals surface area contributed by atoms with Gasteiger partial charge >= 0.3 is 0 Å². The van der Waals surface area contributed by atoms with Crippen LogP contribution in [0.1, 0.15) is 20.7 Å². The zero-order valence-corrected chi connectivity index (χ0v) is 11.7. The summed E-state index contributed by atoms with van der Waals surface area (Å²) in [6, 6.07) is 6.39. The molecule has 2 amide bonds. The van der Waals surface area contributed by atoms with E-state index in [1.165, 1.54) is 12.1 Å². The maximum Gasteiger partial charge on any atom is 0.266 e. The Balaban J connectivity index is 2.21. The van der Waals surface area contributed by atoms with Crippen molar-refractivity contribution >= 4 is 33.4 Å². The number of carbonyl (C=O) groups excluding carboxylic acids is 2. The SMILES string of the molecule is O=C1c2ccccc2C(=O)N1c1cc(F)c(F)c(Br)c1F. The van der Waals surface area contributed by atoms with Gasteiger partial charge in [-0.05, 0) is 28.1 Å². The molecule has 0 fully saturated rings. The van der Waals surface area contributed by atoms with Crippen LogP contribution in [0.15, 0.2) is 34.8 Å². The molecular weight excluding hydrogens is 351 g/mol. The van der Waals surface area contributed by atoms with E-state index in [1.807, 2.05) is 0 Å². The Morgan fingerprint density at radius 2 is 1.43 bits per heavy atom. The lowest BCUT2D eigenvalue weighted by Crippen LogP contribution is -2.30. The van der Waals surface area contributed by atoms with Crippen molar-refractivity contribution in [2.45, 2.75) is 0 Å². The van der Waals surface area contributed by atoms with Gasteiger partial charge in [-0.1, -0.05) is 12.1 Å². The average molecular weight is 356 g/mol. The van der Waals surface area contributed by atoms with E-state index < -0.39 is 39.4 Å². The van der Waals surface area contributed by atoms with Crippen molar-refractivity contribution in [3.05, 3.63) is 63.4 Å². The third kappa shape index (κ3) is 1.88. The Bertz CT molecular complexity index is 772. The summed E-state index contributed by atoms with van der Waals surface area (Å²) < 4.78 is 40.0. The Morgan fingerprint density at radius 3 is 1.95 bits per heavy atom. The molecule has 0 aromatic heterocycles. The molecule has 106 valence electrons. The molecule has 2 aromatic rings. The summed E-state index contributed by atoms with van der Waals surface area (Å²) >= 11 is 2.56. The third-order valence-corrected chi connectivity index (χ3v) is 3.81. The molecule has 3 nitrogen and oxygen atoms in total. The second kappa shape index (κ2) is 4.70. The second-order valence-electron chi connectivity index (χ2n) is 4.31. The number of nitrogens with zero attached hydrogens (tertiary/aromatic N) is 1. The van der Waals surface area contributed by atoms with Crippen molar-refractivity contribution in [3.8, 4) is 0 Å². The number of imide groups is 1. The molecular formula is C14H5BrF3NO2. The van der Waals surface area contributed by atoms with E-state index in [2.05, 4.69) is 15.9 Å². The Labute approximate surface area is 125 Å². The molecule has 0 saturated carbocycles. The number of hydrogen-bond acceptors (Lipinski definition) is 2. The molecule has 1 aliphatic heterocycles. The highest BCUT2D eigenvalue weighted by Crippen LogP contribution is 2.35. The zero-order chi connectivity index (χ0) is 15.3. The maximum absolute atomic E-state index is 14.1. The van der Waals surface area contributed by atoms with Gasteiger partial charge in [0.25, 0.3) is 11.8 Å². The minimum absolute atomic E-state index is 0.0859. The maximum atomic E-state index is 14.1. The summed E-state index contributed by atoms with van der Waals surface area (Å²) in [5.41, 5.74) is -0.461. The van der Waals surface area contributed by atoms with Crippen molar-refractivity contribution in [1.29, 1.82) is 0 Å². The lowest BCUT2D eigenvalue weighted by Gasteiger charge is -2.16. The molecule has 0 saturated heterocycles. The molecule has 0 N–H and O–H groups in total. The number of benzene rings is 2. The van der Waals surface area contributed by atoms with Gasteiger partial charge in [-0.2, -0.15) is 0 Å². The topological polar surface area (TPSA) is 37.4 Å². The van der Waals surface area contributed by atoms with Gasteiger partial charge in [0.2, 0.25) is 0 Å². The minimum atomic E-state index is -1.42. The van der Waals surface area contributed by atoms with Crippen LogP contribution < -0.4 is 4.90 Å².